The maximum atomic E-state index is 5.36. The van der Waals surface area contributed by atoms with E-state index in [2.05, 4.69) is 19.9 Å². The van der Waals surface area contributed by atoms with Gasteiger partial charge in [-0.3, -0.25) is 0 Å². The minimum absolute atomic E-state index is 1.09. The highest BCUT2D eigenvalue weighted by Gasteiger charge is 2.02. The van der Waals surface area contributed by atoms with Crippen molar-refractivity contribution in [2.45, 2.75) is 39.5 Å². The Morgan fingerprint density at radius 2 is 2.18 bits per heavy atom. The lowest BCUT2D eigenvalue weighted by atomic mass is 10.1. The third-order valence-corrected chi connectivity index (χ3v) is 1.98. The predicted molar refractivity (Wildman–Crippen MR) is 46.7 cm³/mol. The molecule has 0 aliphatic carbocycles. The highest BCUT2D eigenvalue weighted by molar-refractivity contribution is 5.16. The molecule has 0 radical (unpaired) electrons. The van der Waals surface area contributed by atoms with E-state index in [1.807, 2.05) is 0 Å². The number of hydrogen-bond donors (Lipinski definition) is 0. The smallest absolute Gasteiger partial charge is 0.106 e. The first-order valence-electron chi connectivity index (χ1n) is 4.43. The lowest BCUT2D eigenvalue weighted by Gasteiger charge is -1.97. The first-order chi connectivity index (χ1) is 5.38. The summed E-state index contributed by atoms with van der Waals surface area (Å²) in [7, 11) is 0. The quantitative estimate of drug-likeness (QED) is 0.645. The van der Waals surface area contributed by atoms with Gasteiger partial charge in [0.2, 0.25) is 0 Å². The minimum Gasteiger partial charge on any atom is -0.469 e. The van der Waals surface area contributed by atoms with Crippen molar-refractivity contribution in [2.75, 3.05) is 0 Å². The van der Waals surface area contributed by atoms with Crippen molar-refractivity contribution < 1.29 is 4.42 Å². The van der Waals surface area contributed by atoms with E-state index >= 15 is 0 Å². The first kappa shape index (κ1) is 8.38. The van der Waals surface area contributed by atoms with Crippen LogP contribution in [0.25, 0.3) is 0 Å². The molecule has 11 heavy (non-hydrogen) atoms. The summed E-state index contributed by atoms with van der Waals surface area (Å²) in [6.45, 7) is 4.37. The number of unbranched alkanes of at least 4 members (excludes halogenated alkanes) is 1. The molecule has 0 saturated carbocycles. The van der Waals surface area contributed by atoms with E-state index in [0.29, 0.717) is 0 Å². The third kappa shape index (κ3) is 2.11. The molecule has 0 atom stereocenters. The minimum atomic E-state index is 1.09. The van der Waals surface area contributed by atoms with Crippen molar-refractivity contribution in [3.63, 3.8) is 0 Å². The molecule has 1 heteroatoms. The van der Waals surface area contributed by atoms with Crippen LogP contribution in [-0.4, -0.2) is 0 Å². The van der Waals surface area contributed by atoms with Crippen molar-refractivity contribution in [1.82, 2.24) is 0 Å². The second-order valence-electron chi connectivity index (χ2n) is 2.83. The van der Waals surface area contributed by atoms with Gasteiger partial charge in [-0.1, -0.05) is 20.3 Å². The summed E-state index contributed by atoms with van der Waals surface area (Å²) in [5, 5.41) is 0. The summed E-state index contributed by atoms with van der Waals surface area (Å²) in [5.41, 5.74) is 1.37. The molecular formula is C10H16O. The van der Waals surface area contributed by atoms with E-state index in [1.54, 1.807) is 6.26 Å². The second kappa shape index (κ2) is 4.22. The Bertz CT molecular complexity index is 200. The number of rotatable bonds is 4. The van der Waals surface area contributed by atoms with Gasteiger partial charge < -0.3 is 4.42 Å². The Hall–Kier alpha value is -0.720. The molecule has 0 bridgehead atoms. The maximum Gasteiger partial charge on any atom is 0.106 e. The summed E-state index contributed by atoms with van der Waals surface area (Å²) in [4.78, 5) is 0. The molecule has 1 nitrogen and oxygen atoms in total. The zero-order valence-corrected chi connectivity index (χ0v) is 7.39. The second-order valence-corrected chi connectivity index (χ2v) is 2.83. The average Bonchev–Trinajstić information content (AvgIpc) is 2.47. The average molecular weight is 152 g/mol. The van der Waals surface area contributed by atoms with Crippen molar-refractivity contribution in [1.29, 1.82) is 0 Å². The van der Waals surface area contributed by atoms with Crippen molar-refractivity contribution in [2.24, 2.45) is 0 Å². The summed E-state index contributed by atoms with van der Waals surface area (Å²) < 4.78 is 5.36. The first-order valence-corrected chi connectivity index (χ1v) is 4.43. The van der Waals surface area contributed by atoms with E-state index in [-0.39, 0.29) is 0 Å². The van der Waals surface area contributed by atoms with Gasteiger partial charge in [-0.25, -0.2) is 0 Å². The van der Waals surface area contributed by atoms with Crippen LogP contribution in [-0.2, 0) is 12.8 Å². The Labute approximate surface area is 68.4 Å². The molecule has 0 saturated heterocycles. The fraction of sp³-hybridized carbons (Fsp3) is 0.600. The molecule has 0 unspecified atom stereocenters. The van der Waals surface area contributed by atoms with Gasteiger partial charge in [0.1, 0.15) is 5.76 Å². The maximum absolute atomic E-state index is 5.36. The molecule has 62 valence electrons. The van der Waals surface area contributed by atoms with E-state index in [1.165, 1.54) is 24.2 Å². The van der Waals surface area contributed by atoms with Gasteiger partial charge in [0.25, 0.3) is 0 Å². The standard InChI is InChI=1S/C10H16O/c1-3-5-6-10-9(4-2)7-8-11-10/h7-8H,3-6H2,1-2H3. The molecule has 0 aromatic carbocycles. The van der Waals surface area contributed by atoms with Crippen LogP contribution in [0.5, 0.6) is 0 Å². The zero-order chi connectivity index (χ0) is 8.10. The predicted octanol–water partition coefficient (Wildman–Crippen LogP) is 3.18. The molecule has 0 aliphatic heterocycles. The topological polar surface area (TPSA) is 13.1 Å². The van der Waals surface area contributed by atoms with Crippen LogP contribution in [0, 0.1) is 0 Å². The van der Waals surface area contributed by atoms with Crippen LogP contribution in [0.15, 0.2) is 16.7 Å². The number of hydrogen-bond acceptors (Lipinski definition) is 1. The molecular weight excluding hydrogens is 136 g/mol. The molecule has 0 fully saturated rings. The normalized spacial score (nSPS) is 10.4. The highest BCUT2D eigenvalue weighted by Crippen LogP contribution is 2.13. The largest absolute Gasteiger partial charge is 0.469 e. The van der Waals surface area contributed by atoms with E-state index in [4.69, 9.17) is 4.42 Å². The van der Waals surface area contributed by atoms with Gasteiger partial charge in [0.05, 0.1) is 6.26 Å². The lowest BCUT2D eigenvalue weighted by Crippen LogP contribution is -1.86. The SMILES string of the molecule is CCCCc1occc1CC. The van der Waals surface area contributed by atoms with Crippen LogP contribution in [0.2, 0.25) is 0 Å². The summed E-state index contributed by atoms with van der Waals surface area (Å²) in [6, 6.07) is 2.07. The van der Waals surface area contributed by atoms with Crippen molar-refractivity contribution >= 4 is 0 Å². The Balaban J connectivity index is 2.54. The fourth-order valence-electron chi connectivity index (χ4n) is 1.24. The number of aryl methyl sites for hydroxylation is 2. The van der Waals surface area contributed by atoms with Crippen LogP contribution >= 0.6 is 0 Å². The Morgan fingerprint density at radius 3 is 2.82 bits per heavy atom. The molecule has 1 aromatic heterocycles. The summed E-state index contributed by atoms with van der Waals surface area (Å²) >= 11 is 0. The monoisotopic (exact) mass is 152 g/mol. The highest BCUT2D eigenvalue weighted by atomic mass is 16.3. The Morgan fingerprint density at radius 1 is 1.36 bits per heavy atom. The molecule has 0 N–H and O–H groups in total. The Kier molecular flexibility index (Phi) is 3.21. The van der Waals surface area contributed by atoms with Gasteiger partial charge >= 0.3 is 0 Å². The molecule has 1 aromatic rings. The van der Waals surface area contributed by atoms with Gasteiger partial charge in [0.15, 0.2) is 0 Å². The lowest BCUT2D eigenvalue weighted by molar-refractivity contribution is 0.496. The third-order valence-electron chi connectivity index (χ3n) is 1.98. The fourth-order valence-corrected chi connectivity index (χ4v) is 1.24. The van der Waals surface area contributed by atoms with E-state index in [9.17, 15) is 0 Å². The molecule has 1 rings (SSSR count). The molecule has 1 heterocycles. The van der Waals surface area contributed by atoms with E-state index < -0.39 is 0 Å². The summed E-state index contributed by atoms with van der Waals surface area (Å²) in [6.07, 6.45) is 6.47. The molecule has 0 amide bonds. The van der Waals surface area contributed by atoms with Crippen molar-refractivity contribution in [3.05, 3.63) is 23.7 Å². The van der Waals surface area contributed by atoms with Gasteiger partial charge in [0, 0.05) is 6.42 Å². The van der Waals surface area contributed by atoms with Gasteiger partial charge in [-0.2, -0.15) is 0 Å². The zero-order valence-electron chi connectivity index (χ0n) is 7.39. The van der Waals surface area contributed by atoms with Gasteiger partial charge in [-0.05, 0) is 24.5 Å². The van der Waals surface area contributed by atoms with Gasteiger partial charge in [-0.15, -0.1) is 0 Å². The number of furan rings is 1. The van der Waals surface area contributed by atoms with Crippen LogP contribution in [0.1, 0.15) is 38.0 Å². The van der Waals surface area contributed by atoms with Crippen molar-refractivity contribution in [3.8, 4) is 0 Å². The van der Waals surface area contributed by atoms with Crippen LogP contribution < -0.4 is 0 Å². The molecule has 0 spiro atoms. The van der Waals surface area contributed by atoms with Crippen LogP contribution in [0.3, 0.4) is 0 Å². The van der Waals surface area contributed by atoms with E-state index in [0.717, 1.165) is 12.8 Å². The van der Waals surface area contributed by atoms with Crippen LogP contribution in [0.4, 0.5) is 0 Å². The molecule has 0 aliphatic rings. The summed E-state index contributed by atoms with van der Waals surface area (Å²) in [5.74, 6) is 1.19.